The maximum Gasteiger partial charge on any atom is 0.241 e. The quantitative estimate of drug-likeness (QED) is 0.862. The zero-order valence-corrected chi connectivity index (χ0v) is 12.8. The molecule has 1 fully saturated rings. The number of hydrogen-bond donors (Lipinski definition) is 2. The topological polar surface area (TPSA) is 98.9 Å². The molecule has 7 heteroatoms. The first-order valence-corrected chi connectivity index (χ1v) is 7.88. The highest BCUT2D eigenvalue weighted by Gasteiger charge is 2.10. The maximum absolute atomic E-state index is 5.75. The molecule has 7 nitrogen and oxygen atoms in total. The van der Waals surface area contributed by atoms with Crippen molar-refractivity contribution in [2.45, 2.75) is 32.1 Å². The van der Waals surface area contributed by atoms with E-state index in [2.05, 4.69) is 20.0 Å². The Morgan fingerprint density at radius 3 is 2.55 bits per heavy atom. The Kier molecular flexibility index (Phi) is 4.53. The minimum atomic E-state index is 0.170. The third-order valence-corrected chi connectivity index (χ3v) is 4.06. The molecule has 0 amide bonds. The normalized spacial score (nSPS) is 16.0. The average molecular weight is 301 g/mol. The first kappa shape index (κ1) is 14.8. The standard InChI is InChI=1S/C15H23N7/c16-14-19-15(17)22(20-14)13-7-6-12(18-11-13)5-4-10-21-8-2-1-3-9-21/h6-7,11H,1-5,8-10H2,(H4,16,17,19,20). The number of piperidine rings is 1. The number of nitrogens with two attached hydrogens (primary N) is 2. The van der Waals surface area contributed by atoms with Crippen LogP contribution in [0.1, 0.15) is 31.4 Å². The summed E-state index contributed by atoms with van der Waals surface area (Å²) >= 11 is 0. The first-order chi connectivity index (χ1) is 10.7. The van der Waals surface area contributed by atoms with Crippen molar-refractivity contribution in [3.63, 3.8) is 0 Å². The van der Waals surface area contributed by atoms with Crippen LogP contribution in [0.3, 0.4) is 0 Å². The molecule has 0 radical (unpaired) electrons. The Morgan fingerprint density at radius 1 is 1.09 bits per heavy atom. The van der Waals surface area contributed by atoms with Gasteiger partial charge in [-0.05, 0) is 57.5 Å². The highest BCUT2D eigenvalue weighted by Crippen LogP contribution is 2.13. The van der Waals surface area contributed by atoms with Gasteiger partial charge in [-0.1, -0.05) is 6.42 Å². The van der Waals surface area contributed by atoms with Crippen molar-refractivity contribution in [1.29, 1.82) is 0 Å². The van der Waals surface area contributed by atoms with Crippen LogP contribution >= 0.6 is 0 Å². The molecule has 4 N–H and O–H groups in total. The van der Waals surface area contributed by atoms with E-state index in [1.807, 2.05) is 12.1 Å². The summed E-state index contributed by atoms with van der Waals surface area (Å²) in [5.74, 6) is 0.445. The van der Waals surface area contributed by atoms with E-state index >= 15 is 0 Å². The number of anilines is 2. The van der Waals surface area contributed by atoms with Crippen molar-refractivity contribution in [3.8, 4) is 5.69 Å². The molecule has 22 heavy (non-hydrogen) atoms. The lowest BCUT2D eigenvalue weighted by Crippen LogP contribution is -2.30. The molecule has 2 aromatic heterocycles. The molecule has 0 aliphatic carbocycles. The number of aromatic nitrogens is 4. The molecular formula is C15H23N7. The van der Waals surface area contributed by atoms with Crippen LogP contribution in [0, 0.1) is 0 Å². The molecule has 2 aromatic rings. The van der Waals surface area contributed by atoms with Gasteiger partial charge in [-0.15, -0.1) is 5.10 Å². The third kappa shape index (κ3) is 3.54. The Bertz CT molecular complexity index is 599. The van der Waals surface area contributed by atoms with Crippen LogP contribution in [0.25, 0.3) is 5.69 Å². The summed E-state index contributed by atoms with van der Waals surface area (Å²) < 4.78 is 1.50. The average Bonchev–Trinajstić information content (AvgIpc) is 2.88. The van der Waals surface area contributed by atoms with Crippen molar-refractivity contribution in [2.75, 3.05) is 31.1 Å². The first-order valence-electron chi connectivity index (χ1n) is 7.88. The minimum Gasteiger partial charge on any atom is -0.368 e. The molecule has 0 aromatic carbocycles. The van der Waals surface area contributed by atoms with Crippen molar-refractivity contribution < 1.29 is 0 Å². The summed E-state index contributed by atoms with van der Waals surface area (Å²) in [7, 11) is 0. The summed E-state index contributed by atoms with van der Waals surface area (Å²) in [6.45, 7) is 3.66. The molecule has 118 valence electrons. The molecule has 0 bridgehead atoms. The van der Waals surface area contributed by atoms with Crippen molar-refractivity contribution in [1.82, 2.24) is 24.6 Å². The maximum atomic E-state index is 5.75. The monoisotopic (exact) mass is 301 g/mol. The number of nitrogens with zero attached hydrogens (tertiary/aromatic N) is 5. The van der Waals surface area contributed by atoms with Crippen LogP contribution in [0.4, 0.5) is 11.9 Å². The van der Waals surface area contributed by atoms with Gasteiger partial charge in [0.1, 0.15) is 0 Å². The van der Waals surface area contributed by atoms with Gasteiger partial charge in [-0.3, -0.25) is 4.98 Å². The van der Waals surface area contributed by atoms with E-state index in [1.165, 1.54) is 37.0 Å². The van der Waals surface area contributed by atoms with Gasteiger partial charge in [0, 0.05) is 5.69 Å². The molecule has 0 spiro atoms. The second-order valence-corrected chi connectivity index (χ2v) is 5.75. The predicted molar refractivity (Wildman–Crippen MR) is 86.6 cm³/mol. The number of likely N-dealkylation sites (tertiary alicyclic amines) is 1. The van der Waals surface area contributed by atoms with Crippen LogP contribution in [-0.4, -0.2) is 44.3 Å². The Labute approximate surface area is 130 Å². The van der Waals surface area contributed by atoms with Gasteiger partial charge in [-0.25, -0.2) is 0 Å². The summed E-state index contributed by atoms with van der Waals surface area (Å²) in [6, 6.07) is 3.97. The second-order valence-electron chi connectivity index (χ2n) is 5.75. The zero-order valence-electron chi connectivity index (χ0n) is 12.8. The fourth-order valence-electron chi connectivity index (χ4n) is 2.89. The summed E-state index contributed by atoms with van der Waals surface area (Å²) in [5.41, 5.74) is 13.2. The van der Waals surface area contributed by atoms with Crippen LogP contribution < -0.4 is 11.5 Å². The highest BCUT2D eigenvalue weighted by atomic mass is 15.4. The summed E-state index contributed by atoms with van der Waals surface area (Å²) in [6.07, 6.45) is 7.97. The predicted octanol–water partition coefficient (Wildman–Crippen LogP) is 1.25. The van der Waals surface area contributed by atoms with Crippen LogP contribution in [0.5, 0.6) is 0 Å². The highest BCUT2D eigenvalue weighted by molar-refractivity contribution is 5.39. The molecule has 0 atom stereocenters. The van der Waals surface area contributed by atoms with Gasteiger partial charge < -0.3 is 16.4 Å². The van der Waals surface area contributed by atoms with E-state index in [0.29, 0.717) is 0 Å². The van der Waals surface area contributed by atoms with Gasteiger partial charge in [0.15, 0.2) is 0 Å². The van der Waals surface area contributed by atoms with Crippen molar-refractivity contribution >= 4 is 11.9 Å². The molecule has 1 saturated heterocycles. The van der Waals surface area contributed by atoms with Crippen molar-refractivity contribution in [2.24, 2.45) is 0 Å². The fourth-order valence-corrected chi connectivity index (χ4v) is 2.89. The number of aryl methyl sites for hydroxylation is 1. The van der Waals surface area contributed by atoms with Gasteiger partial charge in [-0.2, -0.15) is 9.67 Å². The van der Waals surface area contributed by atoms with E-state index in [-0.39, 0.29) is 11.9 Å². The largest absolute Gasteiger partial charge is 0.368 e. The van der Waals surface area contributed by atoms with E-state index in [1.54, 1.807) is 6.20 Å². The lowest BCUT2D eigenvalue weighted by atomic mass is 10.1. The number of rotatable bonds is 5. The molecular weight excluding hydrogens is 278 g/mol. The fraction of sp³-hybridized carbons (Fsp3) is 0.533. The van der Waals surface area contributed by atoms with E-state index in [0.717, 1.165) is 30.8 Å². The molecule has 3 heterocycles. The van der Waals surface area contributed by atoms with Gasteiger partial charge in [0.25, 0.3) is 0 Å². The second kappa shape index (κ2) is 6.74. The lowest BCUT2D eigenvalue weighted by Gasteiger charge is -2.26. The molecule has 0 saturated carbocycles. The van der Waals surface area contributed by atoms with Gasteiger partial charge in [0.05, 0.1) is 11.9 Å². The summed E-state index contributed by atoms with van der Waals surface area (Å²) in [4.78, 5) is 10.9. The zero-order chi connectivity index (χ0) is 15.4. The molecule has 0 unspecified atom stereocenters. The minimum absolute atomic E-state index is 0.170. The summed E-state index contributed by atoms with van der Waals surface area (Å²) in [5, 5.41) is 4.05. The lowest BCUT2D eigenvalue weighted by molar-refractivity contribution is 0.226. The third-order valence-electron chi connectivity index (χ3n) is 4.06. The molecule has 3 rings (SSSR count). The Hall–Kier alpha value is -2.15. The van der Waals surface area contributed by atoms with Crippen molar-refractivity contribution in [3.05, 3.63) is 24.0 Å². The molecule has 1 aliphatic rings. The van der Waals surface area contributed by atoms with Crippen LogP contribution in [-0.2, 0) is 6.42 Å². The smallest absolute Gasteiger partial charge is 0.241 e. The van der Waals surface area contributed by atoms with Crippen LogP contribution in [0.15, 0.2) is 18.3 Å². The molecule has 1 aliphatic heterocycles. The van der Waals surface area contributed by atoms with Crippen LogP contribution in [0.2, 0.25) is 0 Å². The van der Waals surface area contributed by atoms with E-state index < -0.39 is 0 Å². The number of hydrogen-bond acceptors (Lipinski definition) is 6. The Balaban J connectivity index is 1.54. The van der Waals surface area contributed by atoms with E-state index in [9.17, 15) is 0 Å². The number of nitrogen functional groups attached to an aromatic ring is 2. The number of pyridine rings is 1. The SMILES string of the molecule is Nc1nc(N)n(-c2ccc(CCCN3CCCCC3)nc2)n1. The van der Waals surface area contributed by atoms with Gasteiger partial charge in [0.2, 0.25) is 11.9 Å². The van der Waals surface area contributed by atoms with Gasteiger partial charge >= 0.3 is 0 Å². The van der Waals surface area contributed by atoms with E-state index in [4.69, 9.17) is 11.5 Å². The Morgan fingerprint density at radius 2 is 1.91 bits per heavy atom.